The van der Waals surface area contributed by atoms with E-state index in [1.807, 2.05) is 0 Å². The molecule has 2 fully saturated rings. The topological polar surface area (TPSA) is 26.0 Å². The molecule has 0 spiro atoms. The van der Waals surface area contributed by atoms with Gasteiger partial charge in [0.25, 0.3) is 0 Å². The summed E-state index contributed by atoms with van der Waals surface area (Å²) in [7, 11) is 0. The second kappa shape index (κ2) is 1.58. The molecule has 0 amide bonds. The Labute approximate surface area is 63.0 Å². The molecule has 0 radical (unpaired) electrons. The van der Waals surface area contributed by atoms with E-state index in [2.05, 4.69) is 13.8 Å². The highest BCUT2D eigenvalue weighted by Gasteiger charge is 2.64. The smallest absolute Gasteiger partial charge is 0.00432 e. The number of hydrogen-bond acceptors (Lipinski definition) is 1. The summed E-state index contributed by atoms with van der Waals surface area (Å²) >= 11 is 0. The fourth-order valence-corrected chi connectivity index (χ4v) is 2.29. The van der Waals surface area contributed by atoms with Gasteiger partial charge in [0, 0.05) is 0 Å². The van der Waals surface area contributed by atoms with Crippen LogP contribution in [0.25, 0.3) is 0 Å². The van der Waals surface area contributed by atoms with E-state index in [1.165, 1.54) is 19.3 Å². The van der Waals surface area contributed by atoms with Crippen molar-refractivity contribution in [3.8, 4) is 0 Å². The van der Waals surface area contributed by atoms with E-state index < -0.39 is 0 Å². The zero-order valence-electron chi connectivity index (χ0n) is 6.98. The van der Waals surface area contributed by atoms with Gasteiger partial charge < -0.3 is 5.73 Å². The molecule has 1 heteroatoms. The Bertz CT molecular complexity index is 160. The van der Waals surface area contributed by atoms with E-state index in [-0.39, 0.29) is 0 Å². The van der Waals surface area contributed by atoms with Crippen molar-refractivity contribution in [2.75, 3.05) is 6.54 Å². The summed E-state index contributed by atoms with van der Waals surface area (Å²) in [5.41, 5.74) is 6.97. The van der Waals surface area contributed by atoms with Crippen LogP contribution in [0.5, 0.6) is 0 Å². The molecule has 0 aromatic rings. The lowest BCUT2D eigenvalue weighted by Gasteiger charge is -2.18. The maximum absolute atomic E-state index is 5.63. The molecule has 0 heterocycles. The van der Waals surface area contributed by atoms with Crippen LogP contribution in [0.4, 0.5) is 0 Å². The van der Waals surface area contributed by atoms with Crippen molar-refractivity contribution < 1.29 is 0 Å². The first-order valence-corrected chi connectivity index (χ1v) is 4.32. The standard InChI is InChI=1S/C9H17N/c1-8(3-4-8)9(2)5-7(9)6-10/h7H,3-6,10H2,1-2H3. The highest BCUT2D eigenvalue weighted by atomic mass is 14.7. The Morgan fingerprint density at radius 2 is 2.00 bits per heavy atom. The van der Waals surface area contributed by atoms with Crippen LogP contribution < -0.4 is 5.73 Å². The van der Waals surface area contributed by atoms with Crippen molar-refractivity contribution in [1.82, 2.24) is 0 Å². The molecular formula is C9H17N. The molecule has 1 nitrogen and oxygen atoms in total. The number of rotatable bonds is 2. The summed E-state index contributed by atoms with van der Waals surface area (Å²) in [5, 5.41) is 0. The lowest BCUT2D eigenvalue weighted by atomic mass is 9.87. The predicted octanol–water partition coefficient (Wildman–Crippen LogP) is 1.77. The van der Waals surface area contributed by atoms with Gasteiger partial charge in [-0.25, -0.2) is 0 Å². The van der Waals surface area contributed by atoms with Crippen LogP contribution in [-0.4, -0.2) is 6.54 Å². The molecule has 2 aliphatic carbocycles. The lowest BCUT2D eigenvalue weighted by Crippen LogP contribution is -2.16. The molecule has 58 valence electrons. The third-order valence-electron chi connectivity index (χ3n) is 4.07. The van der Waals surface area contributed by atoms with Crippen LogP contribution in [0.15, 0.2) is 0 Å². The lowest BCUT2D eigenvalue weighted by molar-refractivity contribution is 0.309. The van der Waals surface area contributed by atoms with Gasteiger partial charge in [-0.3, -0.25) is 0 Å². The largest absolute Gasteiger partial charge is 0.330 e. The van der Waals surface area contributed by atoms with E-state index in [0.717, 1.165) is 12.5 Å². The fraction of sp³-hybridized carbons (Fsp3) is 1.00. The molecule has 2 saturated carbocycles. The Balaban J connectivity index is 2.06. The molecule has 0 aromatic carbocycles. The van der Waals surface area contributed by atoms with Crippen molar-refractivity contribution in [3.05, 3.63) is 0 Å². The third kappa shape index (κ3) is 0.619. The number of hydrogen-bond donors (Lipinski definition) is 1. The van der Waals surface area contributed by atoms with Gasteiger partial charge in [-0.2, -0.15) is 0 Å². The maximum Gasteiger partial charge on any atom is -0.00432 e. The molecular weight excluding hydrogens is 122 g/mol. The van der Waals surface area contributed by atoms with Crippen LogP contribution in [-0.2, 0) is 0 Å². The molecule has 10 heavy (non-hydrogen) atoms. The van der Waals surface area contributed by atoms with Crippen LogP contribution >= 0.6 is 0 Å². The first-order valence-electron chi connectivity index (χ1n) is 4.32. The molecule has 2 N–H and O–H groups in total. The first-order chi connectivity index (χ1) is 4.62. The van der Waals surface area contributed by atoms with Crippen molar-refractivity contribution in [2.45, 2.75) is 33.1 Å². The molecule has 2 rings (SSSR count). The van der Waals surface area contributed by atoms with Gasteiger partial charge >= 0.3 is 0 Å². The monoisotopic (exact) mass is 139 g/mol. The van der Waals surface area contributed by atoms with E-state index >= 15 is 0 Å². The van der Waals surface area contributed by atoms with Gasteiger partial charge in [-0.15, -0.1) is 0 Å². The van der Waals surface area contributed by atoms with E-state index in [1.54, 1.807) is 0 Å². The highest BCUT2D eigenvalue weighted by molar-refractivity contribution is 5.14. The van der Waals surface area contributed by atoms with E-state index in [4.69, 9.17) is 5.73 Å². The average Bonchev–Trinajstić information content (AvgIpc) is 2.73. The van der Waals surface area contributed by atoms with E-state index in [0.29, 0.717) is 10.8 Å². The van der Waals surface area contributed by atoms with E-state index in [9.17, 15) is 0 Å². The minimum atomic E-state index is 0.641. The molecule has 0 aliphatic heterocycles. The Kier molecular flexibility index (Phi) is 1.05. The predicted molar refractivity (Wildman–Crippen MR) is 42.6 cm³/mol. The summed E-state index contributed by atoms with van der Waals surface area (Å²) in [6, 6.07) is 0. The second-order valence-corrected chi connectivity index (χ2v) is 4.61. The van der Waals surface area contributed by atoms with Gasteiger partial charge in [0.15, 0.2) is 0 Å². The molecule has 0 aromatic heterocycles. The van der Waals surface area contributed by atoms with Crippen molar-refractivity contribution >= 4 is 0 Å². The van der Waals surface area contributed by atoms with Crippen molar-refractivity contribution in [1.29, 1.82) is 0 Å². The third-order valence-corrected chi connectivity index (χ3v) is 4.07. The zero-order chi connectivity index (χ0) is 7.41. The van der Waals surface area contributed by atoms with Crippen LogP contribution in [0.2, 0.25) is 0 Å². The summed E-state index contributed by atoms with van der Waals surface area (Å²) in [4.78, 5) is 0. The highest BCUT2D eigenvalue weighted by Crippen LogP contribution is 2.72. The number of nitrogens with two attached hydrogens (primary N) is 1. The maximum atomic E-state index is 5.63. The van der Waals surface area contributed by atoms with Gasteiger partial charge in [0.1, 0.15) is 0 Å². The molecule has 2 aliphatic rings. The minimum absolute atomic E-state index is 0.641. The zero-order valence-corrected chi connectivity index (χ0v) is 6.98. The van der Waals surface area contributed by atoms with Gasteiger partial charge in [-0.05, 0) is 42.6 Å². The second-order valence-electron chi connectivity index (χ2n) is 4.61. The van der Waals surface area contributed by atoms with Crippen LogP contribution in [0.3, 0.4) is 0 Å². The molecule has 2 unspecified atom stereocenters. The normalized spacial score (nSPS) is 48.9. The Hall–Kier alpha value is -0.0400. The Morgan fingerprint density at radius 1 is 1.40 bits per heavy atom. The summed E-state index contributed by atoms with van der Waals surface area (Å²) in [5.74, 6) is 0.847. The molecule has 0 saturated heterocycles. The summed E-state index contributed by atoms with van der Waals surface area (Å²) in [6.45, 7) is 5.74. The van der Waals surface area contributed by atoms with Crippen molar-refractivity contribution in [3.63, 3.8) is 0 Å². The first kappa shape index (κ1) is 6.66. The van der Waals surface area contributed by atoms with Crippen molar-refractivity contribution in [2.24, 2.45) is 22.5 Å². The van der Waals surface area contributed by atoms with Gasteiger partial charge in [0.2, 0.25) is 0 Å². The minimum Gasteiger partial charge on any atom is -0.330 e. The molecule has 0 bridgehead atoms. The van der Waals surface area contributed by atoms with Crippen LogP contribution in [0.1, 0.15) is 33.1 Å². The summed E-state index contributed by atoms with van der Waals surface area (Å²) < 4.78 is 0. The SMILES string of the molecule is CC1(C2(C)CC2CN)CC1. The van der Waals surface area contributed by atoms with Crippen LogP contribution in [0, 0.1) is 16.7 Å². The molecule has 2 atom stereocenters. The Morgan fingerprint density at radius 3 is 2.30 bits per heavy atom. The quantitative estimate of drug-likeness (QED) is 0.620. The fourth-order valence-electron chi connectivity index (χ4n) is 2.29. The van der Waals surface area contributed by atoms with Gasteiger partial charge in [-0.1, -0.05) is 13.8 Å². The average molecular weight is 139 g/mol. The van der Waals surface area contributed by atoms with Gasteiger partial charge in [0.05, 0.1) is 0 Å². The summed E-state index contributed by atoms with van der Waals surface area (Å²) in [6.07, 6.45) is 4.28.